The van der Waals surface area contributed by atoms with Crippen LogP contribution in [0.1, 0.15) is 39.3 Å². The maximum atomic E-state index is 6.05. The van der Waals surface area contributed by atoms with Crippen molar-refractivity contribution in [1.82, 2.24) is 9.38 Å². The van der Waals surface area contributed by atoms with Crippen molar-refractivity contribution in [2.24, 2.45) is 11.7 Å². The highest BCUT2D eigenvalue weighted by molar-refractivity contribution is 7.15. The smallest absolute Gasteiger partial charge is 0.195 e. The van der Waals surface area contributed by atoms with E-state index in [4.69, 9.17) is 10.7 Å². The molecule has 1 atom stereocenters. The fourth-order valence-corrected chi connectivity index (χ4v) is 3.39. The van der Waals surface area contributed by atoms with Gasteiger partial charge in [-0.15, -0.1) is 11.3 Å². The third kappa shape index (κ3) is 2.69. The number of fused-ring (bicyclic) bond motifs is 1. The normalized spacial score (nSPS) is 17.1. The Bertz CT molecular complexity index is 580. The molecule has 1 aliphatic rings. The van der Waals surface area contributed by atoms with Crippen molar-refractivity contribution in [3.63, 3.8) is 0 Å². The van der Waals surface area contributed by atoms with Gasteiger partial charge >= 0.3 is 0 Å². The number of thiazole rings is 1. The number of hydrogen-bond acceptors (Lipinski definition) is 4. The van der Waals surface area contributed by atoms with Crippen LogP contribution in [0.4, 0.5) is 5.82 Å². The molecule has 0 aromatic carbocycles. The Hall–Kier alpha value is -1.07. The fraction of sp³-hybridized carbons (Fsp3) is 0.667. The summed E-state index contributed by atoms with van der Waals surface area (Å²) < 4.78 is 2.21. The molecule has 1 aliphatic carbocycles. The van der Waals surface area contributed by atoms with Gasteiger partial charge in [0.05, 0.1) is 5.69 Å². The topological polar surface area (TPSA) is 46.6 Å². The second-order valence-electron chi connectivity index (χ2n) is 6.31. The van der Waals surface area contributed by atoms with E-state index >= 15 is 0 Å². The maximum absolute atomic E-state index is 6.05. The number of aromatic nitrogens is 2. The van der Waals surface area contributed by atoms with Crippen LogP contribution < -0.4 is 10.6 Å². The van der Waals surface area contributed by atoms with Gasteiger partial charge in [0.25, 0.3) is 0 Å². The molecule has 3 rings (SSSR count). The molecule has 0 radical (unpaired) electrons. The zero-order valence-corrected chi connectivity index (χ0v) is 13.4. The standard InChI is InChI=1S/C15H24N4S/c1-10(2)19(9-12-4-5-12)14-13(8-11(3)16)18-6-7-20-15(18)17-14/h6-7,10-12H,4-5,8-9,16H2,1-3H3. The highest BCUT2D eigenvalue weighted by atomic mass is 32.1. The van der Waals surface area contributed by atoms with Gasteiger partial charge in [-0.2, -0.15) is 0 Å². The molecule has 1 fully saturated rings. The Morgan fingerprint density at radius 3 is 2.80 bits per heavy atom. The molecule has 2 N–H and O–H groups in total. The van der Waals surface area contributed by atoms with Crippen LogP contribution in [0.15, 0.2) is 11.6 Å². The molecule has 2 heterocycles. The number of nitrogens with zero attached hydrogens (tertiary/aromatic N) is 3. The molecular weight excluding hydrogens is 268 g/mol. The summed E-state index contributed by atoms with van der Waals surface area (Å²) in [6.45, 7) is 7.71. The first-order valence-corrected chi connectivity index (χ1v) is 8.41. The largest absolute Gasteiger partial charge is 0.352 e. The summed E-state index contributed by atoms with van der Waals surface area (Å²) in [6.07, 6.45) is 5.73. The van der Waals surface area contributed by atoms with Gasteiger partial charge in [-0.1, -0.05) is 0 Å². The average molecular weight is 292 g/mol. The van der Waals surface area contributed by atoms with Crippen molar-refractivity contribution in [3.8, 4) is 0 Å². The second-order valence-corrected chi connectivity index (χ2v) is 7.18. The van der Waals surface area contributed by atoms with Gasteiger partial charge in [-0.05, 0) is 39.5 Å². The molecule has 1 saturated carbocycles. The summed E-state index contributed by atoms with van der Waals surface area (Å²) in [5.41, 5.74) is 7.31. The minimum absolute atomic E-state index is 0.156. The molecule has 110 valence electrons. The van der Waals surface area contributed by atoms with Crippen LogP contribution in [0.5, 0.6) is 0 Å². The van der Waals surface area contributed by atoms with E-state index in [0.717, 1.165) is 29.7 Å². The van der Waals surface area contributed by atoms with E-state index in [1.807, 2.05) is 0 Å². The molecule has 0 spiro atoms. The summed E-state index contributed by atoms with van der Waals surface area (Å²) >= 11 is 1.70. The van der Waals surface area contributed by atoms with Crippen LogP contribution in [0.2, 0.25) is 0 Å². The van der Waals surface area contributed by atoms with Crippen LogP contribution in [0.25, 0.3) is 4.96 Å². The lowest BCUT2D eigenvalue weighted by molar-refractivity contribution is 0.629. The highest BCUT2D eigenvalue weighted by Crippen LogP contribution is 2.34. The van der Waals surface area contributed by atoms with E-state index in [0.29, 0.717) is 6.04 Å². The fourth-order valence-electron chi connectivity index (χ4n) is 2.67. The summed E-state index contributed by atoms with van der Waals surface area (Å²) in [6, 6.07) is 0.635. The lowest BCUT2D eigenvalue weighted by Crippen LogP contribution is -2.34. The average Bonchev–Trinajstić information content (AvgIpc) is 2.97. The summed E-state index contributed by atoms with van der Waals surface area (Å²) in [5, 5.41) is 2.09. The minimum Gasteiger partial charge on any atom is -0.352 e. The van der Waals surface area contributed by atoms with Crippen molar-refractivity contribution < 1.29 is 0 Å². The molecule has 5 heteroatoms. The van der Waals surface area contributed by atoms with Gasteiger partial charge in [0, 0.05) is 36.6 Å². The number of imidazole rings is 1. The van der Waals surface area contributed by atoms with Crippen molar-refractivity contribution in [2.75, 3.05) is 11.4 Å². The lowest BCUT2D eigenvalue weighted by atomic mass is 10.1. The third-order valence-corrected chi connectivity index (χ3v) is 4.66. The van der Waals surface area contributed by atoms with Crippen LogP contribution >= 0.6 is 11.3 Å². The summed E-state index contributed by atoms with van der Waals surface area (Å²) in [7, 11) is 0. The van der Waals surface area contributed by atoms with E-state index in [1.54, 1.807) is 11.3 Å². The molecule has 0 bridgehead atoms. The van der Waals surface area contributed by atoms with Crippen molar-refractivity contribution in [1.29, 1.82) is 0 Å². The van der Waals surface area contributed by atoms with E-state index in [9.17, 15) is 0 Å². The predicted octanol–water partition coefficient (Wildman–Crippen LogP) is 2.91. The Balaban J connectivity index is 2.00. The Kier molecular flexibility index (Phi) is 3.73. The van der Waals surface area contributed by atoms with Gasteiger partial charge in [-0.25, -0.2) is 4.98 Å². The van der Waals surface area contributed by atoms with Gasteiger partial charge < -0.3 is 10.6 Å². The first-order chi connectivity index (χ1) is 9.56. The van der Waals surface area contributed by atoms with E-state index < -0.39 is 0 Å². The molecule has 0 saturated heterocycles. The lowest BCUT2D eigenvalue weighted by Gasteiger charge is -2.28. The van der Waals surface area contributed by atoms with Crippen LogP contribution in [-0.2, 0) is 6.42 Å². The number of nitrogens with two attached hydrogens (primary N) is 1. The molecule has 2 aromatic rings. The molecule has 0 aliphatic heterocycles. The van der Waals surface area contributed by atoms with E-state index in [-0.39, 0.29) is 6.04 Å². The van der Waals surface area contributed by atoms with Gasteiger partial charge in [-0.3, -0.25) is 4.40 Å². The number of rotatable bonds is 6. The Morgan fingerprint density at radius 2 is 2.20 bits per heavy atom. The summed E-state index contributed by atoms with van der Waals surface area (Å²) in [5.74, 6) is 2.01. The Morgan fingerprint density at radius 1 is 1.45 bits per heavy atom. The molecule has 2 aromatic heterocycles. The minimum atomic E-state index is 0.156. The van der Waals surface area contributed by atoms with Gasteiger partial charge in [0.15, 0.2) is 10.8 Å². The van der Waals surface area contributed by atoms with Gasteiger partial charge in [0.2, 0.25) is 0 Å². The molecular formula is C15H24N4S. The zero-order chi connectivity index (χ0) is 14.3. The zero-order valence-electron chi connectivity index (χ0n) is 12.5. The summed E-state index contributed by atoms with van der Waals surface area (Å²) in [4.78, 5) is 8.43. The third-order valence-electron chi connectivity index (χ3n) is 3.90. The van der Waals surface area contributed by atoms with Crippen molar-refractivity contribution >= 4 is 22.1 Å². The quantitative estimate of drug-likeness (QED) is 0.890. The monoisotopic (exact) mass is 292 g/mol. The van der Waals surface area contributed by atoms with Crippen LogP contribution in [0.3, 0.4) is 0 Å². The molecule has 20 heavy (non-hydrogen) atoms. The predicted molar refractivity (Wildman–Crippen MR) is 85.6 cm³/mol. The highest BCUT2D eigenvalue weighted by Gasteiger charge is 2.29. The molecule has 4 nitrogen and oxygen atoms in total. The van der Waals surface area contributed by atoms with Crippen LogP contribution in [0, 0.1) is 5.92 Å². The van der Waals surface area contributed by atoms with Gasteiger partial charge in [0.1, 0.15) is 0 Å². The van der Waals surface area contributed by atoms with Crippen molar-refractivity contribution in [3.05, 3.63) is 17.3 Å². The number of hydrogen-bond donors (Lipinski definition) is 1. The van der Waals surface area contributed by atoms with E-state index in [1.165, 1.54) is 18.5 Å². The van der Waals surface area contributed by atoms with Crippen LogP contribution in [-0.4, -0.2) is 28.0 Å². The first kappa shape index (κ1) is 13.9. The van der Waals surface area contributed by atoms with E-state index in [2.05, 4.69) is 41.6 Å². The SMILES string of the molecule is CC(N)Cc1c(N(CC2CC2)C(C)C)nc2sccn12. The first-order valence-electron chi connectivity index (χ1n) is 7.53. The maximum Gasteiger partial charge on any atom is 0.195 e. The van der Waals surface area contributed by atoms with Crippen molar-refractivity contribution in [2.45, 2.75) is 52.1 Å². The Labute approximate surface area is 124 Å². The molecule has 1 unspecified atom stereocenters. The second kappa shape index (κ2) is 5.37. The molecule has 0 amide bonds. The number of anilines is 1.